The van der Waals surface area contributed by atoms with Crippen LogP contribution >= 0.6 is 0 Å². The molecule has 0 aromatic rings. The molecule has 0 aromatic heterocycles. The summed E-state index contributed by atoms with van der Waals surface area (Å²) in [6, 6.07) is 0.857. The largest absolute Gasteiger partial charge is 0.469 e. The molecule has 0 aromatic carbocycles. The van der Waals surface area contributed by atoms with Crippen LogP contribution in [0.3, 0.4) is 0 Å². The summed E-state index contributed by atoms with van der Waals surface area (Å²) in [7, 11) is 3.56. The van der Waals surface area contributed by atoms with Gasteiger partial charge in [0.05, 0.1) is 18.6 Å². The molecule has 2 saturated heterocycles. The molecule has 1 N–H and O–H groups in total. The van der Waals surface area contributed by atoms with Crippen molar-refractivity contribution >= 4 is 5.97 Å². The molecule has 0 aliphatic carbocycles. The van der Waals surface area contributed by atoms with Gasteiger partial charge in [0.15, 0.2) is 0 Å². The van der Waals surface area contributed by atoms with Gasteiger partial charge in [-0.3, -0.25) is 4.79 Å². The van der Waals surface area contributed by atoms with Gasteiger partial charge in [0.25, 0.3) is 0 Å². The van der Waals surface area contributed by atoms with Gasteiger partial charge in [-0.2, -0.15) is 0 Å². The van der Waals surface area contributed by atoms with E-state index in [1.54, 1.807) is 0 Å². The molecule has 4 heteroatoms. The van der Waals surface area contributed by atoms with Gasteiger partial charge in [0.1, 0.15) is 0 Å². The van der Waals surface area contributed by atoms with Gasteiger partial charge < -0.3 is 14.7 Å². The monoisotopic (exact) mass is 269 g/mol. The summed E-state index contributed by atoms with van der Waals surface area (Å²) in [5.41, 5.74) is -0.861. The molecule has 110 valence electrons. The normalized spacial score (nSPS) is 36.2. The van der Waals surface area contributed by atoms with Gasteiger partial charge in [-0.15, -0.1) is 0 Å². The van der Waals surface area contributed by atoms with Crippen LogP contribution in [0.15, 0.2) is 0 Å². The first-order chi connectivity index (χ1) is 9.01. The standard InChI is InChI=1S/C15H27NO3/c1-4-5-6-13(14(17)19-3)15(18)9-11-7-8-12(10-15)16(11)2/h11-13,18H,4-10H2,1-3H3. The Kier molecular flexibility index (Phi) is 4.51. The minimum atomic E-state index is -0.861. The summed E-state index contributed by atoms with van der Waals surface area (Å²) >= 11 is 0. The third-order valence-electron chi connectivity index (χ3n) is 5.14. The molecule has 3 atom stereocenters. The van der Waals surface area contributed by atoms with Crippen molar-refractivity contribution < 1.29 is 14.6 Å². The molecule has 2 bridgehead atoms. The maximum atomic E-state index is 12.0. The van der Waals surface area contributed by atoms with Crippen molar-refractivity contribution in [3.8, 4) is 0 Å². The maximum Gasteiger partial charge on any atom is 0.311 e. The third kappa shape index (κ3) is 2.79. The van der Waals surface area contributed by atoms with Crippen molar-refractivity contribution in [1.82, 2.24) is 4.90 Å². The Hall–Kier alpha value is -0.610. The van der Waals surface area contributed by atoms with Crippen molar-refractivity contribution in [2.24, 2.45) is 5.92 Å². The highest BCUT2D eigenvalue weighted by molar-refractivity contribution is 5.73. The van der Waals surface area contributed by atoms with Gasteiger partial charge in [-0.05, 0) is 39.2 Å². The first kappa shape index (κ1) is 14.8. The molecular weight excluding hydrogens is 242 g/mol. The van der Waals surface area contributed by atoms with E-state index in [0.29, 0.717) is 24.9 Å². The number of carbonyl (C=O) groups is 1. The van der Waals surface area contributed by atoms with Crippen LogP contribution in [-0.4, -0.2) is 47.8 Å². The molecular formula is C15H27NO3. The minimum Gasteiger partial charge on any atom is -0.469 e. The molecule has 0 saturated carbocycles. The number of aliphatic hydroxyl groups is 1. The first-order valence-electron chi connectivity index (χ1n) is 7.54. The van der Waals surface area contributed by atoms with E-state index in [1.165, 1.54) is 7.11 Å². The van der Waals surface area contributed by atoms with Crippen LogP contribution in [0.5, 0.6) is 0 Å². The molecule has 2 fully saturated rings. The number of rotatable bonds is 5. The summed E-state index contributed by atoms with van der Waals surface area (Å²) < 4.78 is 4.93. The molecule has 0 spiro atoms. The van der Waals surface area contributed by atoms with Crippen LogP contribution in [0, 0.1) is 5.92 Å². The molecule has 2 aliphatic heterocycles. The number of unbranched alkanes of at least 4 members (excludes halogenated alkanes) is 1. The lowest BCUT2D eigenvalue weighted by Gasteiger charge is -2.45. The summed E-state index contributed by atoms with van der Waals surface area (Å²) in [4.78, 5) is 14.4. The fourth-order valence-corrected chi connectivity index (χ4v) is 3.92. The van der Waals surface area contributed by atoms with E-state index in [9.17, 15) is 9.90 Å². The third-order valence-corrected chi connectivity index (χ3v) is 5.14. The average molecular weight is 269 g/mol. The van der Waals surface area contributed by atoms with E-state index in [4.69, 9.17) is 4.74 Å². The van der Waals surface area contributed by atoms with E-state index >= 15 is 0 Å². The Balaban J connectivity index is 2.13. The molecule has 0 radical (unpaired) electrons. The van der Waals surface area contributed by atoms with Crippen molar-refractivity contribution in [1.29, 1.82) is 0 Å². The SMILES string of the molecule is CCCCC(C(=O)OC)C1(O)CC2CCC(C1)N2C. The maximum absolute atomic E-state index is 12.0. The Morgan fingerprint density at radius 2 is 2.00 bits per heavy atom. The summed E-state index contributed by atoms with van der Waals surface area (Å²) in [6.45, 7) is 2.11. The zero-order chi connectivity index (χ0) is 14.0. The fraction of sp³-hybridized carbons (Fsp3) is 0.933. The van der Waals surface area contributed by atoms with Gasteiger partial charge >= 0.3 is 5.97 Å². The predicted octanol–water partition coefficient (Wildman–Crippen LogP) is 1.95. The Morgan fingerprint density at radius 3 is 2.47 bits per heavy atom. The number of nitrogens with zero attached hydrogens (tertiary/aromatic N) is 1. The van der Waals surface area contributed by atoms with Gasteiger partial charge in [0.2, 0.25) is 0 Å². The molecule has 19 heavy (non-hydrogen) atoms. The summed E-state index contributed by atoms with van der Waals surface area (Å²) in [5.74, 6) is -0.589. The second kappa shape index (κ2) is 5.80. The fourth-order valence-electron chi connectivity index (χ4n) is 3.92. The molecule has 4 nitrogen and oxygen atoms in total. The molecule has 2 rings (SSSR count). The summed E-state index contributed by atoms with van der Waals surface area (Å²) in [5, 5.41) is 11.0. The van der Waals surface area contributed by atoms with E-state index < -0.39 is 5.60 Å². The van der Waals surface area contributed by atoms with Crippen LogP contribution in [-0.2, 0) is 9.53 Å². The Bertz CT molecular complexity index is 317. The zero-order valence-electron chi connectivity index (χ0n) is 12.4. The van der Waals surface area contributed by atoms with E-state index in [1.807, 2.05) is 0 Å². The number of esters is 1. The summed E-state index contributed by atoms with van der Waals surface area (Å²) in [6.07, 6.45) is 6.45. The average Bonchev–Trinajstić information content (AvgIpc) is 2.62. The number of hydrogen-bond acceptors (Lipinski definition) is 4. The Labute approximate surface area is 116 Å². The van der Waals surface area contributed by atoms with Crippen molar-refractivity contribution in [3.05, 3.63) is 0 Å². The minimum absolute atomic E-state index is 0.236. The molecule has 2 heterocycles. The van der Waals surface area contributed by atoms with Gasteiger partial charge in [0, 0.05) is 12.1 Å². The quantitative estimate of drug-likeness (QED) is 0.775. The van der Waals surface area contributed by atoms with Crippen LogP contribution in [0.1, 0.15) is 51.9 Å². The number of methoxy groups -OCH3 is 1. The highest BCUT2D eigenvalue weighted by atomic mass is 16.5. The number of hydrogen-bond donors (Lipinski definition) is 1. The lowest BCUT2D eigenvalue weighted by molar-refractivity contribution is -0.163. The number of fused-ring (bicyclic) bond motifs is 2. The molecule has 0 amide bonds. The Morgan fingerprint density at radius 1 is 1.42 bits per heavy atom. The lowest BCUT2D eigenvalue weighted by atomic mass is 9.74. The first-order valence-corrected chi connectivity index (χ1v) is 7.54. The second-order valence-corrected chi connectivity index (χ2v) is 6.28. The van der Waals surface area contributed by atoms with Crippen LogP contribution in [0.4, 0.5) is 0 Å². The molecule has 2 aliphatic rings. The molecule has 3 unspecified atom stereocenters. The van der Waals surface area contributed by atoms with Crippen molar-refractivity contribution in [3.63, 3.8) is 0 Å². The number of carbonyl (C=O) groups excluding carboxylic acids is 1. The highest BCUT2D eigenvalue weighted by Crippen LogP contribution is 2.44. The topological polar surface area (TPSA) is 49.8 Å². The number of ether oxygens (including phenoxy) is 1. The smallest absolute Gasteiger partial charge is 0.311 e. The predicted molar refractivity (Wildman–Crippen MR) is 73.8 cm³/mol. The van der Waals surface area contributed by atoms with Gasteiger partial charge in [-0.1, -0.05) is 19.8 Å². The van der Waals surface area contributed by atoms with Crippen LogP contribution < -0.4 is 0 Å². The highest BCUT2D eigenvalue weighted by Gasteiger charge is 2.51. The van der Waals surface area contributed by atoms with Crippen molar-refractivity contribution in [2.75, 3.05) is 14.2 Å². The second-order valence-electron chi connectivity index (χ2n) is 6.28. The van der Waals surface area contributed by atoms with E-state index in [-0.39, 0.29) is 11.9 Å². The van der Waals surface area contributed by atoms with Crippen molar-refractivity contribution in [2.45, 2.75) is 69.6 Å². The van der Waals surface area contributed by atoms with Crippen LogP contribution in [0.25, 0.3) is 0 Å². The zero-order valence-corrected chi connectivity index (χ0v) is 12.4. The van der Waals surface area contributed by atoms with E-state index in [0.717, 1.165) is 32.1 Å². The van der Waals surface area contributed by atoms with Crippen LogP contribution in [0.2, 0.25) is 0 Å². The van der Waals surface area contributed by atoms with Gasteiger partial charge in [-0.25, -0.2) is 0 Å². The lowest BCUT2D eigenvalue weighted by Crippen LogP contribution is -2.54. The number of piperidine rings is 1. The van der Waals surface area contributed by atoms with E-state index in [2.05, 4.69) is 18.9 Å².